The van der Waals surface area contributed by atoms with Crippen molar-refractivity contribution in [1.29, 1.82) is 0 Å². The van der Waals surface area contributed by atoms with Crippen molar-refractivity contribution in [3.05, 3.63) is 17.6 Å². The van der Waals surface area contributed by atoms with Crippen LogP contribution in [0.3, 0.4) is 0 Å². The Bertz CT molecular complexity index is 1270. The fourth-order valence-corrected chi connectivity index (χ4v) is 4.26. The molecule has 0 radical (unpaired) electrons. The molecule has 33 heavy (non-hydrogen) atoms. The zero-order valence-corrected chi connectivity index (χ0v) is 17.6. The Morgan fingerprint density at radius 2 is 1.85 bits per heavy atom. The smallest absolute Gasteiger partial charge is 0.392 e. The normalized spacial score (nSPS) is 28.9. The van der Waals surface area contributed by atoms with Crippen LogP contribution in [0.2, 0.25) is 0 Å². The van der Waals surface area contributed by atoms with Gasteiger partial charge >= 0.3 is 17.7 Å². The minimum absolute atomic E-state index is 0.0305. The van der Waals surface area contributed by atoms with E-state index in [0.717, 1.165) is 4.68 Å². The van der Waals surface area contributed by atoms with Gasteiger partial charge in [-0.3, -0.25) is 4.68 Å². The molecule has 0 amide bonds. The Kier molecular flexibility index (Phi) is 4.11. The standard InChI is InChI=1S/C18H21N7O8/c1-8-11-7-19-15-20-12-9(2)24(10-3-5-30-6-4-10)23-14(12)31-18(28,29)16(26)17(27,33-32-16)25(22-8)13(11)21-15/h7,10,26-29H,3-6H2,1-2H3,(H,19,20,21). The maximum Gasteiger partial charge on any atom is 0.392 e. The van der Waals surface area contributed by atoms with Gasteiger partial charge in [-0.2, -0.15) is 24.5 Å². The lowest BCUT2D eigenvalue weighted by Crippen LogP contribution is -2.79. The lowest BCUT2D eigenvalue weighted by molar-refractivity contribution is -0.729. The van der Waals surface area contributed by atoms with Gasteiger partial charge in [-0.05, 0) is 26.7 Å². The Balaban J connectivity index is 1.57. The first kappa shape index (κ1) is 20.7. The third kappa shape index (κ3) is 2.63. The Hall–Kier alpha value is -2.92. The van der Waals surface area contributed by atoms with E-state index in [1.807, 2.05) is 0 Å². The van der Waals surface area contributed by atoms with Gasteiger partial charge in [-0.1, -0.05) is 0 Å². The molecule has 15 nitrogen and oxygen atoms in total. The van der Waals surface area contributed by atoms with Gasteiger partial charge in [0.15, 0.2) is 5.65 Å². The van der Waals surface area contributed by atoms with Crippen molar-refractivity contribution < 1.29 is 39.7 Å². The molecule has 2 unspecified atom stereocenters. The number of aryl methyl sites for hydroxylation is 1. The van der Waals surface area contributed by atoms with Crippen LogP contribution < -0.4 is 10.1 Å². The molecule has 3 aromatic rings. The maximum atomic E-state index is 11.1. The van der Waals surface area contributed by atoms with Crippen molar-refractivity contribution in [2.24, 2.45) is 0 Å². The number of hydrogen-bond donors (Lipinski definition) is 5. The molecule has 6 heterocycles. The molecule has 176 valence electrons. The summed E-state index contributed by atoms with van der Waals surface area (Å²) >= 11 is 0. The lowest BCUT2D eigenvalue weighted by atomic mass is 10.1. The zero-order valence-electron chi connectivity index (χ0n) is 17.6. The van der Waals surface area contributed by atoms with Gasteiger partial charge in [0, 0.05) is 19.4 Å². The predicted octanol–water partition coefficient (Wildman–Crippen LogP) is -0.981. The summed E-state index contributed by atoms with van der Waals surface area (Å²) in [6, 6.07) is -0.0351. The van der Waals surface area contributed by atoms with Crippen molar-refractivity contribution in [2.75, 3.05) is 18.5 Å². The first-order valence-corrected chi connectivity index (χ1v) is 10.3. The number of anilines is 2. The summed E-state index contributed by atoms with van der Waals surface area (Å²) in [4.78, 5) is 18.0. The molecule has 0 saturated carbocycles. The molecular formula is C18H21N7O8. The van der Waals surface area contributed by atoms with E-state index in [9.17, 15) is 20.4 Å². The molecule has 0 aliphatic carbocycles. The van der Waals surface area contributed by atoms with Gasteiger partial charge in [0.25, 0.3) is 5.88 Å². The number of fused-ring (bicyclic) bond motifs is 4. The summed E-state index contributed by atoms with van der Waals surface area (Å²) in [5, 5.41) is 55.5. The highest BCUT2D eigenvalue weighted by Crippen LogP contribution is 2.49. The summed E-state index contributed by atoms with van der Waals surface area (Å²) in [6.45, 7) is 4.47. The number of nitrogens with one attached hydrogen (secondary N) is 1. The highest BCUT2D eigenvalue weighted by molar-refractivity contribution is 5.79. The van der Waals surface area contributed by atoms with Crippen LogP contribution in [0, 0.1) is 13.8 Å². The van der Waals surface area contributed by atoms with Crippen LogP contribution in [0.1, 0.15) is 30.3 Å². The molecule has 0 spiro atoms. The monoisotopic (exact) mass is 463 g/mol. The molecular weight excluding hydrogens is 442 g/mol. The molecule has 2 bridgehead atoms. The molecule has 5 N–H and O–H groups in total. The van der Waals surface area contributed by atoms with Crippen LogP contribution in [-0.4, -0.2) is 74.9 Å². The first-order chi connectivity index (χ1) is 15.6. The topological polar surface area (TPSA) is 191 Å². The Morgan fingerprint density at radius 1 is 1.09 bits per heavy atom. The molecule has 3 aliphatic rings. The fourth-order valence-electron chi connectivity index (χ4n) is 4.26. The number of rotatable bonds is 1. The average molecular weight is 463 g/mol. The third-order valence-corrected chi connectivity index (χ3v) is 6.19. The van der Waals surface area contributed by atoms with Crippen molar-refractivity contribution in [2.45, 2.75) is 50.4 Å². The fraction of sp³-hybridized carbons (Fsp3) is 0.556. The van der Waals surface area contributed by atoms with Crippen LogP contribution >= 0.6 is 0 Å². The quantitative estimate of drug-likeness (QED) is 0.219. The van der Waals surface area contributed by atoms with Gasteiger partial charge in [-0.25, -0.2) is 4.98 Å². The molecule has 15 heteroatoms. The van der Waals surface area contributed by atoms with Crippen molar-refractivity contribution in [3.63, 3.8) is 0 Å². The van der Waals surface area contributed by atoms with E-state index < -0.39 is 17.7 Å². The van der Waals surface area contributed by atoms with Gasteiger partial charge in [-0.15, -0.1) is 5.10 Å². The van der Waals surface area contributed by atoms with Crippen molar-refractivity contribution in [1.82, 2.24) is 29.5 Å². The van der Waals surface area contributed by atoms with Crippen LogP contribution in [0.25, 0.3) is 11.0 Å². The van der Waals surface area contributed by atoms with E-state index >= 15 is 0 Å². The van der Waals surface area contributed by atoms with Gasteiger partial charge in [0.2, 0.25) is 5.95 Å². The van der Waals surface area contributed by atoms with E-state index in [1.54, 1.807) is 18.5 Å². The highest BCUT2D eigenvalue weighted by atomic mass is 17.3. The van der Waals surface area contributed by atoms with Gasteiger partial charge in [0.1, 0.15) is 5.69 Å². The zero-order chi connectivity index (χ0) is 23.2. The summed E-state index contributed by atoms with van der Waals surface area (Å²) in [7, 11) is 0. The largest absolute Gasteiger partial charge is 0.413 e. The Labute approximate surface area is 185 Å². The van der Waals surface area contributed by atoms with E-state index in [1.165, 1.54) is 6.20 Å². The van der Waals surface area contributed by atoms with Crippen molar-refractivity contribution in [3.8, 4) is 5.88 Å². The summed E-state index contributed by atoms with van der Waals surface area (Å²) in [6.07, 6.45) is 2.84. The van der Waals surface area contributed by atoms with Crippen LogP contribution in [0.15, 0.2) is 6.20 Å². The maximum absolute atomic E-state index is 11.1. The number of aliphatic hydroxyl groups is 4. The number of ether oxygens (including phenoxy) is 2. The minimum atomic E-state index is -3.53. The summed E-state index contributed by atoms with van der Waals surface area (Å²) < 4.78 is 13.2. The van der Waals surface area contributed by atoms with Crippen LogP contribution in [-0.2, 0) is 20.4 Å². The predicted molar refractivity (Wildman–Crippen MR) is 105 cm³/mol. The van der Waals surface area contributed by atoms with Crippen LogP contribution in [0.4, 0.5) is 11.6 Å². The van der Waals surface area contributed by atoms with E-state index in [0.29, 0.717) is 42.8 Å². The van der Waals surface area contributed by atoms with E-state index in [2.05, 4.69) is 30.4 Å². The van der Waals surface area contributed by atoms with Crippen molar-refractivity contribution >= 4 is 22.7 Å². The summed E-state index contributed by atoms with van der Waals surface area (Å²) in [5.41, 5.74) is 1.23. The molecule has 3 aromatic heterocycles. The molecule has 0 aromatic carbocycles. The van der Waals surface area contributed by atoms with E-state index in [4.69, 9.17) is 14.4 Å². The number of hydrogen-bond acceptors (Lipinski definition) is 13. The summed E-state index contributed by atoms with van der Waals surface area (Å²) in [5.74, 6) is -9.88. The second-order valence-corrected chi connectivity index (χ2v) is 8.24. The molecule has 2 atom stereocenters. The second-order valence-electron chi connectivity index (χ2n) is 8.24. The SMILES string of the molecule is Cc1nn2c3nc(ncc13)Nc1c(nn(C3CCOCC3)c1C)OC(O)(O)C1(O)OOC21O. The molecule has 6 rings (SSSR count). The number of nitrogens with zero attached hydrogens (tertiary/aromatic N) is 6. The van der Waals surface area contributed by atoms with Gasteiger partial charge in [0.05, 0.1) is 22.8 Å². The first-order valence-electron chi connectivity index (χ1n) is 10.3. The minimum Gasteiger partial charge on any atom is -0.413 e. The van der Waals surface area contributed by atoms with Gasteiger partial charge < -0.3 is 35.2 Å². The molecule has 3 aliphatic heterocycles. The lowest BCUT2D eigenvalue weighted by Gasteiger charge is -2.50. The highest BCUT2D eigenvalue weighted by Gasteiger charge is 2.79. The number of aromatic nitrogens is 6. The average Bonchev–Trinajstić information content (AvgIpc) is 3.28. The third-order valence-electron chi connectivity index (χ3n) is 6.19. The van der Waals surface area contributed by atoms with E-state index in [-0.39, 0.29) is 29.2 Å². The van der Waals surface area contributed by atoms with Crippen LogP contribution in [0.5, 0.6) is 5.88 Å². The Morgan fingerprint density at radius 3 is 2.55 bits per heavy atom. The molecule has 2 fully saturated rings. The second kappa shape index (κ2) is 6.57. The molecule has 2 saturated heterocycles.